The molecule has 3 rings (SSSR count). The topological polar surface area (TPSA) is 66.8 Å². The van der Waals surface area contributed by atoms with Crippen molar-refractivity contribution in [2.45, 2.75) is 0 Å². The zero-order valence-electron chi connectivity index (χ0n) is 12.0. The molecule has 0 bridgehead atoms. The summed E-state index contributed by atoms with van der Waals surface area (Å²) in [6.45, 7) is 0. The molecule has 112 valence electrons. The lowest BCUT2D eigenvalue weighted by Gasteiger charge is -2.09. The number of phenols is 1. The molecule has 2 N–H and O–H groups in total. The number of aromatic hydroxyl groups is 2. The Balaban J connectivity index is 1.92. The Kier molecular flexibility index (Phi) is 3.86. The Hall–Kier alpha value is -3.45. The van der Waals surface area contributed by atoms with Gasteiger partial charge in [-0.2, -0.15) is 0 Å². The van der Waals surface area contributed by atoms with Crippen molar-refractivity contribution in [2.24, 2.45) is 0 Å². The maximum atomic E-state index is 12.4. The molecule has 0 saturated heterocycles. The van der Waals surface area contributed by atoms with Crippen LogP contribution in [0.1, 0.15) is 10.4 Å². The first kappa shape index (κ1) is 14.5. The van der Waals surface area contributed by atoms with Crippen LogP contribution >= 0.6 is 0 Å². The minimum absolute atomic E-state index is 0.0747. The van der Waals surface area contributed by atoms with Crippen molar-refractivity contribution >= 4 is 5.97 Å². The van der Waals surface area contributed by atoms with E-state index in [1.54, 1.807) is 42.5 Å². The molecule has 4 nitrogen and oxygen atoms in total. The highest BCUT2D eigenvalue weighted by Gasteiger charge is 2.14. The molecule has 4 heteroatoms. The Labute approximate surface area is 133 Å². The Bertz CT molecular complexity index is 821. The fraction of sp³-hybridized carbons (Fsp3) is 0. The SMILES string of the molecule is O=C(Oc1c#cc(O)cc1)c1ccccc1-c1ccc(O)cc1. The number of carbonyl (C=O) groups is 1. The van der Waals surface area contributed by atoms with Crippen LogP contribution < -0.4 is 4.74 Å². The average Bonchev–Trinajstić information content (AvgIpc) is 2.58. The molecule has 0 unspecified atom stereocenters. The zero-order chi connectivity index (χ0) is 16.2. The number of benzene rings is 2. The van der Waals surface area contributed by atoms with Crippen LogP contribution in [0.2, 0.25) is 0 Å². The first-order valence-electron chi connectivity index (χ1n) is 6.87. The maximum Gasteiger partial charge on any atom is 0.344 e. The van der Waals surface area contributed by atoms with Gasteiger partial charge >= 0.3 is 5.97 Å². The van der Waals surface area contributed by atoms with Crippen LogP contribution in [0.15, 0.2) is 60.7 Å². The molecule has 0 fully saturated rings. The van der Waals surface area contributed by atoms with Crippen molar-refractivity contribution in [2.75, 3.05) is 0 Å². The van der Waals surface area contributed by atoms with Gasteiger partial charge in [0.1, 0.15) is 5.75 Å². The van der Waals surface area contributed by atoms with E-state index < -0.39 is 5.97 Å². The fourth-order valence-electron chi connectivity index (χ4n) is 2.13. The molecule has 0 radical (unpaired) electrons. The molecule has 0 amide bonds. The molecule has 0 spiro atoms. The normalized spacial score (nSPS) is 9.91. The Morgan fingerprint density at radius 2 is 1.61 bits per heavy atom. The maximum absolute atomic E-state index is 12.4. The van der Waals surface area contributed by atoms with Gasteiger partial charge in [-0.05, 0) is 53.6 Å². The smallest absolute Gasteiger partial charge is 0.344 e. The van der Waals surface area contributed by atoms with E-state index >= 15 is 0 Å². The summed E-state index contributed by atoms with van der Waals surface area (Å²) in [4.78, 5) is 12.4. The molecule has 0 aliphatic heterocycles. The van der Waals surface area contributed by atoms with E-state index in [1.807, 2.05) is 6.07 Å². The summed E-state index contributed by atoms with van der Waals surface area (Å²) in [6.07, 6.45) is 0. The Morgan fingerprint density at radius 1 is 0.870 bits per heavy atom. The van der Waals surface area contributed by atoms with Crippen LogP contribution in [0.3, 0.4) is 0 Å². The summed E-state index contributed by atoms with van der Waals surface area (Å²) in [7, 11) is 0. The van der Waals surface area contributed by atoms with E-state index in [-0.39, 0.29) is 17.2 Å². The van der Waals surface area contributed by atoms with Crippen LogP contribution in [0.4, 0.5) is 0 Å². The summed E-state index contributed by atoms with van der Waals surface area (Å²) in [6, 6.07) is 21.4. The quantitative estimate of drug-likeness (QED) is 0.726. The lowest BCUT2D eigenvalue weighted by atomic mass is 10.00. The Morgan fingerprint density at radius 3 is 2.30 bits per heavy atom. The van der Waals surface area contributed by atoms with Crippen molar-refractivity contribution in [1.29, 1.82) is 0 Å². The number of phenolic OH excluding ortho intramolecular Hbond substituents is 1. The van der Waals surface area contributed by atoms with Crippen LogP contribution in [-0.4, -0.2) is 16.2 Å². The van der Waals surface area contributed by atoms with Gasteiger partial charge in [0.25, 0.3) is 0 Å². The van der Waals surface area contributed by atoms with Gasteiger partial charge in [0, 0.05) is 0 Å². The first-order valence-corrected chi connectivity index (χ1v) is 6.87. The zero-order valence-corrected chi connectivity index (χ0v) is 12.0. The molecule has 0 atom stereocenters. The molecule has 0 aliphatic carbocycles. The summed E-state index contributed by atoms with van der Waals surface area (Å²) in [5, 5.41) is 18.6. The van der Waals surface area contributed by atoms with E-state index in [1.165, 1.54) is 12.1 Å². The van der Waals surface area contributed by atoms with Crippen LogP contribution in [-0.2, 0) is 0 Å². The standard InChI is InChI=1S/C19H12O4/c20-14-7-5-13(6-8-14)17-3-1-2-4-18(17)19(22)23-16-11-9-15(21)10-12-16/h1-9,11,20-21H. The molecular formula is C19H12O4. The molecule has 3 aromatic carbocycles. The van der Waals surface area contributed by atoms with Crippen LogP contribution in [0.25, 0.3) is 11.1 Å². The van der Waals surface area contributed by atoms with E-state index in [0.29, 0.717) is 11.1 Å². The number of carbonyl (C=O) groups excluding carboxylic acids is 1. The second kappa shape index (κ2) is 6.12. The van der Waals surface area contributed by atoms with E-state index in [4.69, 9.17) is 4.74 Å². The van der Waals surface area contributed by atoms with E-state index in [9.17, 15) is 15.0 Å². The van der Waals surface area contributed by atoms with Crippen LogP contribution in [0.5, 0.6) is 17.2 Å². The van der Waals surface area contributed by atoms with Crippen LogP contribution in [0, 0.1) is 12.1 Å². The third-order valence-corrected chi connectivity index (χ3v) is 3.23. The molecule has 23 heavy (non-hydrogen) atoms. The third kappa shape index (κ3) is 3.25. The highest BCUT2D eigenvalue weighted by atomic mass is 16.5. The van der Waals surface area contributed by atoms with Crippen molar-refractivity contribution < 1.29 is 19.7 Å². The van der Waals surface area contributed by atoms with Crippen molar-refractivity contribution in [3.63, 3.8) is 0 Å². The number of hydrogen-bond donors (Lipinski definition) is 2. The second-order valence-corrected chi connectivity index (χ2v) is 4.81. The lowest BCUT2D eigenvalue weighted by Crippen LogP contribution is -2.09. The largest absolute Gasteiger partial charge is 0.508 e. The lowest BCUT2D eigenvalue weighted by molar-refractivity contribution is 0.0735. The molecule has 0 aliphatic rings. The van der Waals surface area contributed by atoms with E-state index in [2.05, 4.69) is 12.1 Å². The summed E-state index contributed by atoms with van der Waals surface area (Å²) in [5.74, 6) is -0.283. The minimum atomic E-state index is -0.538. The van der Waals surface area contributed by atoms with Gasteiger partial charge in [-0.1, -0.05) is 30.3 Å². The third-order valence-electron chi connectivity index (χ3n) is 3.23. The minimum Gasteiger partial charge on any atom is -0.508 e. The first-order chi connectivity index (χ1) is 11.1. The fourth-order valence-corrected chi connectivity index (χ4v) is 2.13. The number of ether oxygens (including phenoxy) is 1. The summed E-state index contributed by atoms with van der Waals surface area (Å²) in [5.41, 5.74) is 1.87. The number of rotatable bonds is 3. The molecule has 0 aromatic heterocycles. The molecule has 0 heterocycles. The monoisotopic (exact) mass is 304 g/mol. The summed E-state index contributed by atoms with van der Waals surface area (Å²) >= 11 is 0. The second-order valence-electron chi connectivity index (χ2n) is 4.81. The van der Waals surface area contributed by atoms with Gasteiger partial charge in [-0.3, -0.25) is 0 Å². The van der Waals surface area contributed by atoms with Gasteiger partial charge in [0.2, 0.25) is 0 Å². The molecule has 0 saturated carbocycles. The highest BCUT2D eigenvalue weighted by Crippen LogP contribution is 2.26. The molecule has 3 aromatic rings. The predicted octanol–water partition coefficient (Wildman–Crippen LogP) is 3.58. The highest BCUT2D eigenvalue weighted by molar-refractivity contribution is 5.98. The van der Waals surface area contributed by atoms with Gasteiger partial charge < -0.3 is 14.9 Å². The number of esters is 1. The summed E-state index contributed by atoms with van der Waals surface area (Å²) < 4.78 is 5.26. The average molecular weight is 304 g/mol. The van der Waals surface area contributed by atoms with Gasteiger partial charge in [0.15, 0.2) is 11.5 Å². The van der Waals surface area contributed by atoms with Crippen molar-refractivity contribution in [3.8, 4) is 28.4 Å². The molecular weight excluding hydrogens is 292 g/mol. The predicted molar refractivity (Wildman–Crippen MR) is 84.3 cm³/mol. The van der Waals surface area contributed by atoms with Gasteiger partial charge in [-0.25, -0.2) is 4.79 Å². The van der Waals surface area contributed by atoms with Gasteiger partial charge in [0.05, 0.1) is 5.56 Å². The van der Waals surface area contributed by atoms with Gasteiger partial charge in [-0.15, -0.1) is 0 Å². The van der Waals surface area contributed by atoms with E-state index in [0.717, 1.165) is 5.56 Å². The van der Waals surface area contributed by atoms with Crippen molar-refractivity contribution in [1.82, 2.24) is 0 Å². The van der Waals surface area contributed by atoms with Crippen molar-refractivity contribution in [3.05, 3.63) is 78.4 Å². The number of hydrogen-bond acceptors (Lipinski definition) is 4.